The summed E-state index contributed by atoms with van der Waals surface area (Å²) in [7, 11) is 2.17. The summed E-state index contributed by atoms with van der Waals surface area (Å²) in [5.74, 6) is 0.539. The predicted molar refractivity (Wildman–Crippen MR) is 68.2 cm³/mol. The highest BCUT2D eigenvalue weighted by atomic mass is 32.1. The van der Waals surface area contributed by atoms with Gasteiger partial charge in [-0.3, -0.25) is 4.90 Å². The van der Waals surface area contributed by atoms with Crippen molar-refractivity contribution in [1.82, 2.24) is 4.90 Å². The van der Waals surface area contributed by atoms with Gasteiger partial charge in [0.2, 0.25) is 0 Å². The quantitative estimate of drug-likeness (QED) is 0.836. The van der Waals surface area contributed by atoms with Crippen LogP contribution in [0.25, 0.3) is 0 Å². The van der Waals surface area contributed by atoms with Crippen LogP contribution in [0.15, 0.2) is 17.5 Å². The summed E-state index contributed by atoms with van der Waals surface area (Å²) in [6, 6.07) is 5.07. The maximum Gasteiger partial charge on any atom is 0.0410 e. The van der Waals surface area contributed by atoms with E-state index >= 15 is 0 Å². The van der Waals surface area contributed by atoms with Crippen LogP contribution in [0.1, 0.15) is 31.7 Å². The monoisotopic (exact) mass is 226 g/mol. The maximum atomic E-state index is 5.88. The normalized spacial score (nSPS) is 17.7. The minimum Gasteiger partial charge on any atom is -0.328 e. The molecule has 1 heterocycles. The maximum absolute atomic E-state index is 5.88. The van der Waals surface area contributed by atoms with E-state index in [0.29, 0.717) is 12.0 Å². The summed E-state index contributed by atoms with van der Waals surface area (Å²) in [5, 5.41) is 2.13. The van der Waals surface area contributed by atoms with Crippen LogP contribution in [0.5, 0.6) is 0 Å². The van der Waals surface area contributed by atoms with E-state index in [-0.39, 0.29) is 6.04 Å². The average Bonchev–Trinajstić information content (AvgIpc) is 2.68. The van der Waals surface area contributed by atoms with Crippen molar-refractivity contribution in [3.63, 3.8) is 0 Å². The molecule has 0 aliphatic rings. The lowest BCUT2D eigenvalue weighted by molar-refractivity contribution is 0.217. The summed E-state index contributed by atoms with van der Waals surface area (Å²) >= 11 is 1.82. The third kappa shape index (κ3) is 3.59. The van der Waals surface area contributed by atoms with Crippen molar-refractivity contribution in [2.45, 2.75) is 32.9 Å². The molecule has 0 aliphatic heterocycles. The number of rotatable bonds is 5. The molecule has 0 saturated carbocycles. The van der Waals surface area contributed by atoms with Crippen LogP contribution in [-0.4, -0.2) is 24.5 Å². The first-order valence-electron chi connectivity index (χ1n) is 5.51. The smallest absolute Gasteiger partial charge is 0.0410 e. The number of nitrogens with two attached hydrogens (primary N) is 1. The molecule has 0 spiro atoms. The Hall–Kier alpha value is -0.380. The average molecular weight is 226 g/mol. The van der Waals surface area contributed by atoms with Gasteiger partial charge in [-0.25, -0.2) is 0 Å². The summed E-state index contributed by atoms with van der Waals surface area (Å²) < 4.78 is 0. The van der Waals surface area contributed by atoms with Crippen molar-refractivity contribution >= 4 is 11.3 Å². The van der Waals surface area contributed by atoms with Gasteiger partial charge in [-0.1, -0.05) is 13.0 Å². The number of nitrogens with zero attached hydrogens (tertiary/aromatic N) is 1. The van der Waals surface area contributed by atoms with E-state index in [1.807, 2.05) is 11.3 Å². The third-order valence-corrected chi connectivity index (χ3v) is 4.13. The molecule has 2 N–H and O–H groups in total. The zero-order valence-electron chi connectivity index (χ0n) is 10.1. The summed E-state index contributed by atoms with van der Waals surface area (Å²) in [6.45, 7) is 7.59. The third-order valence-electron chi connectivity index (χ3n) is 3.09. The zero-order chi connectivity index (χ0) is 11.4. The standard InChI is InChI=1S/C12H22N2S/c1-9(10(2)13)8-14(4)11(3)12-6-5-7-15-12/h5-7,9-11H,8,13H2,1-4H3. The molecule has 1 aromatic rings. The van der Waals surface area contributed by atoms with E-state index in [1.165, 1.54) is 4.88 Å². The first kappa shape index (κ1) is 12.7. The van der Waals surface area contributed by atoms with Crippen LogP contribution in [0.4, 0.5) is 0 Å². The molecular weight excluding hydrogens is 204 g/mol. The lowest BCUT2D eigenvalue weighted by Crippen LogP contribution is -2.35. The molecule has 3 atom stereocenters. The second-order valence-electron chi connectivity index (χ2n) is 4.47. The minimum atomic E-state index is 0.267. The van der Waals surface area contributed by atoms with Crippen LogP contribution < -0.4 is 5.73 Å². The second kappa shape index (κ2) is 5.64. The van der Waals surface area contributed by atoms with Crippen LogP contribution in [-0.2, 0) is 0 Å². The van der Waals surface area contributed by atoms with Crippen LogP contribution >= 0.6 is 11.3 Å². The zero-order valence-corrected chi connectivity index (χ0v) is 10.9. The molecule has 0 aromatic carbocycles. The van der Waals surface area contributed by atoms with Gasteiger partial charge >= 0.3 is 0 Å². The van der Waals surface area contributed by atoms with E-state index < -0.39 is 0 Å². The molecule has 0 fully saturated rings. The van der Waals surface area contributed by atoms with Gasteiger partial charge in [-0.15, -0.1) is 11.3 Å². The molecule has 2 nitrogen and oxygen atoms in total. The van der Waals surface area contributed by atoms with E-state index in [1.54, 1.807) is 0 Å². The largest absolute Gasteiger partial charge is 0.328 e. The second-order valence-corrected chi connectivity index (χ2v) is 5.45. The number of hydrogen-bond donors (Lipinski definition) is 1. The van der Waals surface area contributed by atoms with Crippen molar-refractivity contribution in [3.05, 3.63) is 22.4 Å². The molecule has 3 heteroatoms. The van der Waals surface area contributed by atoms with E-state index in [4.69, 9.17) is 5.73 Å². The minimum absolute atomic E-state index is 0.267. The molecular formula is C12H22N2S. The van der Waals surface area contributed by atoms with Gasteiger partial charge in [0.1, 0.15) is 0 Å². The summed E-state index contributed by atoms with van der Waals surface area (Å²) in [6.07, 6.45) is 0. The topological polar surface area (TPSA) is 29.3 Å². The molecule has 86 valence electrons. The van der Waals surface area contributed by atoms with Crippen LogP contribution in [0, 0.1) is 5.92 Å². The Bertz CT molecular complexity index is 269. The van der Waals surface area contributed by atoms with Gasteiger partial charge in [0, 0.05) is 23.5 Å². The Morgan fingerprint density at radius 3 is 2.53 bits per heavy atom. The lowest BCUT2D eigenvalue weighted by atomic mass is 10.0. The molecule has 1 aromatic heterocycles. The molecule has 0 radical (unpaired) electrons. The number of thiophene rings is 1. The first-order chi connectivity index (χ1) is 7.02. The molecule has 0 amide bonds. The van der Waals surface area contributed by atoms with Crippen molar-refractivity contribution in [1.29, 1.82) is 0 Å². The van der Waals surface area contributed by atoms with Gasteiger partial charge in [0.25, 0.3) is 0 Å². The number of hydrogen-bond acceptors (Lipinski definition) is 3. The molecule has 0 saturated heterocycles. The van der Waals surface area contributed by atoms with E-state index in [2.05, 4.69) is 50.2 Å². The molecule has 15 heavy (non-hydrogen) atoms. The van der Waals surface area contributed by atoms with Gasteiger partial charge in [0.15, 0.2) is 0 Å². The Kier molecular flexibility index (Phi) is 4.77. The molecule has 0 aliphatic carbocycles. The molecule has 0 bridgehead atoms. The van der Waals surface area contributed by atoms with Gasteiger partial charge in [-0.05, 0) is 38.3 Å². The van der Waals surface area contributed by atoms with E-state index in [9.17, 15) is 0 Å². The van der Waals surface area contributed by atoms with Crippen LogP contribution in [0.2, 0.25) is 0 Å². The summed E-state index contributed by atoms with van der Waals surface area (Å²) in [4.78, 5) is 3.80. The van der Waals surface area contributed by atoms with Crippen LogP contribution in [0.3, 0.4) is 0 Å². The first-order valence-corrected chi connectivity index (χ1v) is 6.39. The van der Waals surface area contributed by atoms with Gasteiger partial charge in [-0.2, -0.15) is 0 Å². The Balaban J connectivity index is 2.50. The fraction of sp³-hybridized carbons (Fsp3) is 0.667. The van der Waals surface area contributed by atoms with Gasteiger partial charge < -0.3 is 5.73 Å². The highest BCUT2D eigenvalue weighted by Gasteiger charge is 2.16. The van der Waals surface area contributed by atoms with Crippen molar-refractivity contribution < 1.29 is 0 Å². The Morgan fingerprint density at radius 2 is 2.07 bits per heavy atom. The highest BCUT2D eigenvalue weighted by molar-refractivity contribution is 7.10. The molecule has 1 rings (SSSR count). The lowest BCUT2D eigenvalue weighted by Gasteiger charge is -2.28. The van der Waals surface area contributed by atoms with E-state index in [0.717, 1.165) is 6.54 Å². The summed E-state index contributed by atoms with van der Waals surface area (Å²) in [5.41, 5.74) is 5.88. The predicted octanol–water partition coefficient (Wildman–Crippen LogP) is 2.72. The molecule has 3 unspecified atom stereocenters. The van der Waals surface area contributed by atoms with Gasteiger partial charge in [0.05, 0.1) is 0 Å². The van der Waals surface area contributed by atoms with Crippen molar-refractivity contribution in [2.24, 2.45) is 11.7 Å². The highest BCUT2D eigenvalue weighted by Crippen LogP contribution is 2.24. The van der Waals surface area contributed by atoms with Crippen molar-refractivity contribution in [2.75, 3.05) is 13.6 Å². The SMILES string of the molecule is CC(N)C(C)CN(C)C(C)c1cccs1. The fourth-order valence-electron chi connectivity index (χ4n) is 1.52. The Labute approximate surface area is 97.1 Å². The fourth-order valence-corrected chi connectivity index (χ4v) is 2.37. The van der Waals surface area contributed by atoms with Crippen molar-refractivity contribution in [3.8, 4) is 0 Å². The Morgan fingerprint density at radius 1 is 1.40 bits per heavy atom.